The van der Waals surface area contributed by atoms with Crippen molar-refractivity contribution in [2.75, 3.05) is 11.5 Å². The average Bonchev–Trinajstić information content (AvgIpc) is 2.44. The predicted molar refractivity (Wildman–Crippen MR) is 87.5 cm³/mol. The topological polar surface area (TPSA) is 66.4 Å². The summed E-state index contributed by atoms with van der Waals surface area (Å²) < 4.78 is 0. The van der Waals surface area contributed by atoms with Crippen LogP contribution in [-0.4, -0.2) is 34.5 Å². The average molecular weight is 315 g/mol. The highest BCUT2D eigenvalue weighted by molar-refractivity contribution is 7.99. The van der Waals surface area contributed by atoms with Gasteiger partial charge in [0.2, 0.25) is 5.91 Å². The highest BCUT2D eigenvalue weighted by Crippen LogP contribution is 2.40. The number of aliphatic carboxylic acids is 1. The van der Waals surface area contributed by atoms with E-state index in [1.807, 2.05) is 0 Å². The molecule has 4 nitrogen and oxygen atoms in total. The fraction of sp³-hybridized carbons (Fsp3) is 0.875. The normalized spacial score (nSPS) is 22.8. The van der Waals surface area contributed by atoms with Gasteiger partial charge in [-0.2, -0.15) is 11.8 Å². The maximum Gasteiger partial charge on any atom is 0.304 e. The zero-order valence-corrected chi connectivity index (χ0v) is 14.3. The second-order valence-corrected chi connectivity index (χ2v) is 7.76. The summed E-state index contributed by atoms with van der Waals surface area (Å²) in [6.07, 6.45) is 5.85. The van der Waals surface area contributed by atoms with Crippen LogP contribution in [0.25, 0.3) is 0 Å². The van der Waals surface area contributed by atoms with Crippen LogP contribution < -0.4 is 5.32 Å². The van der Waals surface area contributed by atoms with Gasteiger partial charge in [0.25, 0.3) is 0 Å². The molecule has 0 saturated heterocycles. The van der Waals surface area contributed by atoms with Crippen molar-refractivity contribution in [3.63, 3.8) is 0 Å². The van der Waals surface area contributed by atoms with Crippen molar-refractivity contribution in [1.82, 2.24) is 5.32 Å². The van der Waals surface area contributed by atoms with Gasteiger partial charge in [0, 0.05) is 11.8 Å². The van der Waals surface area contributed by atoms with Gasteiger partial charge >= 0.3 is 5.97 Å². The first-order valence-corrected chi connectivity index (χ1v) is 9.09. The standard InChI is InChI=1S/C16H29NO3S/c1-4-16(2,3)12-5-7-13(8-6-12)17-14(18)11-21-10-9-15(19)20/h12-13H,4-11H2,1-3H3,(H,17,18)(H,19,20). The Labute approximate surface area is 132 Å². The predicted octanol–water partition coefficient (Wildman–Crippen LogP) is 3.31. The summed E-state index contributed by atoms with van der Waals surface area (Å²) in [4.78, 5) is 22.2. The molecule has 1 fully saturated rings. The molecule has 0 aromatic rings. The van der Waals surface area contributed by atoms with Gasteiger partial charge in [-0.3, -0.25) is 9.59 Å². The van der Waals surface area contributed by atoms with E-state index in [1.54, 1.807) is 0 Å². The van der Waals surface area contributed by atoms with E-state index in [0.29, 0.717) is 23.0 Å². The van der Waals surface area contributed by atoms with Gasteiger partial charge in [-0.05, 0) is 37.0 Å². The molecular weight excluding hydrogens is 286 g/mol. The van der Waals surface area contributed by atoms with Gasteiger partial charge in [0.05, 0.1) is 12.2 Å². The van der Waals surface area contributed by atoms with E-state index in [9.17, 15) is 9.59 Å². The summed E-state index contributed by atoms with van der Waals surface area (Å²) in [5.41, 5.74) is 0.404. The first-order valence-electron chi connectivity index (χ1n) is 7.94. The Hall–Kier alpha value is -0.710. The molecule has 0 unspecified atom stereocenters. The second-order valence-electron chi connectivity index (χ2n) is 6.65. The smallest absolute Gasteiger partial charge is 0.304 e. The number of rotatable bonds is 8. The Morgan fingerprint density at radius 2 is 1.86 bits per heavy atom. The lowest BCUT2D eigenvalue weighted by Crippen LogP contribution is -2.40. The number of nitrogens with one attached hydrogen (secondary N) is 1. The Balaban J connectivity index is 2.20. The van der Waals surface area contributed by atoms with Gasteiger partial charge in [-0.1, -0.05) is 27.2 Å². The molecule has 0 radical (unpaired) electrons. The molecule has 1 rings (SSSR count). The van der Waals surface area contributed by atoms with Crippen molar-refractivity contribution >= 4 is 23.6 Å². The minimum absolute atomic E-state index is 0.0450. The van der Waals surface area contributed by atoms with Crippen LogP contribution in [0.4, 0.5) is 0 Å². The lowest BCUT2D eigenvalue weighted by Gasteiger charge is -2.39. The third-order valence-electron chi connectivity index (χ3n) is 4.80. The molecule has 1 amide bonds. The van der Waals surface area contributed by atoms with Crippen molar-refractivity contribution < 1.29 is 14.7 Å². The first-order chi connectivity index (χ1) is 9.85. The lowest BCUT2D eigenvalue weighted by atomic mass is 9.69. The van der Waals surface area contributed by atoms with Gasteiger partial charge < -0.3 is 10.4 Å². The minimum atomic E-state index is -0.806. The van der Waals surface area contributed by atoms with Gasteiger partial charge in [0.1, 0.15) is 0 Å². The van der Waals surface area contributed by atoms with Crippen molar-refractivity contribution in [3.05, 3.63) is 0 Å². The van der Waals surface area contributed by atoms with E-state index in [-0.39, 0.29) is 12.3 Å². The molecule has 0 spiro atoms. The number of carbonyl (C=O) groups is 2. The lowest BCUT2D eigenvalue weighted by molar-refractivity contribution is -0.136. The Morgan fingerprint density at radius 1 is 1.24 bits per heavy atom. The van der Waals surface area contributed by atoms with E-state index in [0.717, 1.165) is 18.8 Å². The molecule has 0 atom stereocenters. The largest absolute Gasteiger partial charge is 0.481 e. The van der Waals surface area contributed by atoms with Crippen molar-refractivity contribution in [3.8, 4) is 0 Å². The molecule has 1 saturated carbocycles. The third-order valence-corrected chi connectivity index (χ3v) is 5.76. The highest BCUT2D eigenvalue weighted by atomic mass is 32.2. The number of thioether (sulfide) groups is 1. The fourth-order valence-electron chi connectivity index (χ4n) is 2.90. The number of carboxylic acid groups (broad SMARTS) is 1. The van der Waals surface area contributed by atoms with Crippen molar-refractivity contribution in [2.24, 2.45) is 11.3 Å². The Kier molecular flexibility index (Phi) is 7.57. The van der Waals surface area contributed by atoms with Crippen LogP contribution in [0.1, 0.15) is 59.3 Å². The van der Waals surface area contributed by atoms with E-state index in [4.69, 9.17) is 5.11 Å². The Bertz CT molecular complexity index is 349. The molecule has 0 heterocycles. The molecule has 21 heavy (non-hydrogen) atoms. The first kappa shape index (κ1) is 18.3. The summed E-state index contributed by atoms with van der Waals surface area (Å²) in [7, 11) is 0. The van der Waals surface area contributed by atoms with Gasteiger partial charge in [-0.15, -0.1) is 0 Å². The summed E-state index contributed by atoms with van der Waals surface area (Å²) >= 11 is 1.39. The summed E-state index contributed by atoms with van der Waals surface area (Å²) in [6, 6.07) is 0.307. The molecule has 5 heteroatoms. The molecule has 1 aliphatic carbocycles. The van der Waals surface area contributed by atoms with E-state index in [2.05, 4.69) is 26.1 Å². The zero-order chi connectivity index (χ0) is 15.9. The molecule has 0 aliphatic heterocycles. The summed E-state index contributed by atoms with van der Waals surface area (Å²) in [5.74, 6) is 0.873. The Morgan fingerprint density at radius 3 is 2.38 bits per heavy atom. The van der Waals surface area contributed by atoms with Crippen LogP contribution in [0, 0.1) is 11.3 Å². The van der Waals surface area contributed by atoms with Crippen LogP contribution in [0.5, 0.6) is 0 Å². The van der Waals surface area contributed by atoms with E-state index in [1.165, 1.54) is 31.0 Å². The third kappa shape index (κ3) is 6.72. The number of carboxylic acids is 1. The fourth-order valence-corrected chi connectivity index (χ4v) is 3.63. The molecule has 1 aliphatic rings. The van der Waals surface area contributed by atoms with Crippen LogP contribution >= 0.6 is 11.8 Å². The monoisotopic (exact) mass is 315 g/mol. The molecular formula is C16H29NO3S. The van der Waals surface area contributed by atoms with Crippen LogP contribution in [0.3, 0.4) is 0 Å². The van der Waals surface area contributed by atoms with Crippen LogP contribution in [0.2, 0.25) is 0 Å². The quantitative estimate of drug-likeness (QED) is 0.674. The van der Waals surface area contributed by atoms with Gasteiger partial charge in [0.15, 0.2) is 0 Å². The maximum absolute atomic E-state index is 11.8. The second kappa shape index (κ2) is 8.66. The molecule has 0 bridgehead atoms. The van der Waals surface area contributed by atoms with E-state index >= 15 is 0 Å². The summed E-state index contributed by atoms with van der Waals surface area (Å²) in [6.45, 7) is 6.94. The molecule has 2 N–H and O–H groups in total. The molecule has 0 aromatic heterocycles. The highest BCUT2D eigenvalue weighted by Gasteiger charge is 2.32. The van der Waals surface area contributed by atoms with E-state index < -0.39 is 5.97 Å². The summed E-state index contributed by atoms with van der Waals surface area (Å²) in [5, 5.41) is 11.6. The van der Waals surface area contributed by atoms with Gasteiger partial charge in [-0.25, -0.2) is 0 Å². The number of hydrogen-bond acceptors (Lipinski definition) is 3. The van der Waals surface area contributed by atoms with Crippen molar-refractivity contribution in [1.29, 1.82) is 0 Å². The van der Waals surface area contributed by atoms with Crippen molar-refractivity contribution in [2.45, 2.75) is 65.3 Å². The zero-order valence-electron chi connectivity index (χ0n) is 13.5. The number of hydrogen-bond donors (Lipinski definition) is 2. The maximum atomic E-state index is 11.8. The number of carbonyl (C=O) groups excluding carboxylic acids is 1. The number of amides is 1. The SMILES string of the molecule is CCC(C)(C)C1CCC(NC(=O)CSCCC(=O)O)CC1. The van der Waals surface area contributed by atoms with Crippen LogP contribution in [-0.2, 0) is 9.59 Å². The minimum Gasteiger partial charge on any atom is -0.481 e. The van der Waals surface area contributed by atoms with Crippen LogP contribution in [0.15, 0.2) is 0 Å². The molecule has 0 aromatic carbocycles. The molecule has 122 valence electrons.